The minimum atomic E-state index is -0.641. The lowest BCUT2D eigenvalue weighted by Crippen LogP contribution is -2.34. The first-order valence-electron chi connectivity index (χ1n) is 7.20. The van der Waals surface area contributed by atoms with Crippen molar-refractivity contribution in [1.29, 1.82) is 5.41 Å². The maximum atomic E-state index is 11.9. The zero-order valence-electron chi connectivity index (χ0n) is 13.0. The number of para-hydroxylation sites is 1. The second-order valence-electron chi connectivity index (χ2n) is 4.92. The number of halogens is 2. The summed E-state index contributed by atoms with van der Waals surface area (Å²) in [5.41, 5.74) is 0.768. The summed E-state index contributed by atoms with van der Waals surface area (Å²) in [6, 6.07) is 9.40. The van der Waals surface area contributed by atoms with Crippen LogP contribution in [-0.4, -0.2) is 28.4 Å². The van der Waals surface area contributed by atoms with E-state index in [-0.39, 0.29) is 23.1 Å². The first-order chi connectivity index (χ1) is 12.0. The number of benzene rings is 1. The van der Waals surface area contributed by atoms with E-state index in [9.17, 15) is 9.59 Å². The van der Waals surface area contributed by atoms with Gasteiger partial charge in [-0.2, -0.15) is 5.10 Å². The van der Waals surface area contributed by atoms with E-state index >= 15 is 0 Å². The average molecular weight is 380 g/mol. The van der Waals surface area contributed by atoms with E-state index in [0.29, 0.717) is 5.57 Å². The van der Waals surface area contributed by atoms with Gasteiger partial charge in [-0.15, -0.1) is 0 Å². The lowest BCUT2D eigenvalue weighted by Gasteiger charge is -2.08. The van der Waals surface area contributed by atoms with Crippen molar-refractivity contribution < 1.29 is 4.79 Å². The van der Waals surface area contributed by atoms with Gasteiger partial charge in [0.05, 0.1) is 11.2 Å². The quantitative estimate of drug-likeness (QED) is 0.642. The number of nitrogens with one attached hydrogen (secondary N) is 3. The summed E-state index contributed by atoms with van der Waals surface area (Å²) in [6.07, 6.45) is 3.94. The highest BCUT2D eigenvalue weighted by Gasteiger charge is 2.10. The molecule has 0 aliphatic heterocycles. The van der Waals surface area contributed by atoms with E-state index in [4.69, 9.17) is 28.6 Å². The molecule has 0 unspecified atom stereocenters. The second-order valence-corrected chi connectivity index (χ2v) is 5.71. The van der Waals surface area contributed by atoms with E-state index in [1.807, 2.05) is 30.3 Å². The molecule has 0 aliphatic rings. The fraction of sp³-hybridized carbons (Fsp3) is 0.125. The Morgan fingerprint density at radius 1 is 1.28 bits per heavy atom. The van der Waals surface area contributed by atoms with Crippen LogP contribution in [0.5, 0.6) is 0 Å². The molecular weight excluding hydrogens is 365 g/mol. The summed E-state index contributed by atoms with van der Waals surface area (Å²) in [5, 5.41) is 16.6. The summed E-state index contributed by atoms with van der Waals surface area (Å²) < 4.78 is 0.916. The first-order valence-corrected chi connectivity index (χ1v) is 7.95. The Morgan fingerprint density at radius 3 is 2.68 bits per heavy atom. The van der Waals surface area contributed by atoms with Gasteiger partial charge in [-0.3, -0.25) is 9.59 Å². The lowest BCUT2D eigenvalue weighted by molar-refractivity contribution is -0.121. The fourth-order valence-corrected chi connectivity index (χ4v) is 2.08. The highest BCUT2D eigenvalue weighted by atomic mass is 35.5. The van der Waals surface area contributed by atoms with E-state index in [0.717, 1.165) is 16.6 Å². The minimum absolute atomic E-state index is 0.0318. The Hall–Kier alpha value is -2.64. The molecule has 1 aromatic carbocycles. The molecule has 2 rings (SSSR count). The van der Waals surface area contributed by atoms with Crippen LogP contribution in [0.2, 0.25) is 10.0 Å². The zero-order valence-corrected chi connectivity index (χ0v) is 14.5. The third kappa shape index (κ3) is 5.44. The van der Waals surface area contributed by atoms with Crippen LogP contribution in [0.15, 0.2) is 53.1 Å². The molecule has 7 nitrogen and oxygen atoms in total. The number of aromatic nitrogens is 2. The van der Waals surface area contributed by atoms with E-state index in [1.54, 1.807) is 6.20 Å². The second kappa shape index (κ2) is 9.00. The number of rotatable bonds is 7. The van der Waals surface area contributed by atoms with Gasteiger partial charge in [0.25, 0.3) is 5.56 Å². The fourth-order valence-electron chi connectivity index (χ4n) is 1.80. The molecule has 1 aromatic heterocycles. The van der Waals surface area contributed by atoms with Crippen LogP contribution in [-0.2, 0) is 11.3 Å². The van der Waals surface area contributed by atoms with Gasteiger partial charge < -0.3 is 16.0 Å². The molecule has 1 heterocycles. The van der Waals surface area contributed by atoms with Crippen LogP contribution in [0, 0.1) is 5.41 Å². The molecule has 0 fully saturated rings. The highest BCUT2D eigenvalue weighted by Crippen LogP contribution is 2.14. The summed E-state index contributed by atoms with van der Waals surface area (Å²) in [7, 11) is 0. The Kier molecular flexibility index (Phi) is 6.73. The predicted octanol–water partition coefficient (Wildman–Crippen LogP) is 2.31. The molecular formula is C16H15Cl2N5O2. The van der Waals surface area contributed by atoms with Gasteiger partial charge in [-0.05, 0) is 12.1 Å². The van der Waals surface area contributed by atoms with Crippen molar-refractivity contribution in [2.75, 3.05) is 11.9 Å². The van der Waals surface area contributed by atoms with Crippen LogP contribution in [0.25, 0.3) is 0 Å². The molecule has 0 bridgehead atoms. The highest BCUT2D eigenvalue weighted by molar-refractivity contribution is 6.41. The molecule has 0 atom stereocenters. The van der Waals surface area contributed by atoms with Crippen molar-refractivity contribution in [2.45, 2.75) is 6.54 Å². The standard InChI is InChI=1S/C16H15Cl2N5O2/c17-13-9-22-23(16(25)15(13)18)10-14(24)21-8-11(6-19)7-20-12-4-2-1-3-5-12/h1-7,9,19-20H,8,10H2,(H,21,24)/b11-7+,19-6?. The van der Waals surface area contributed by atoms with Crippen molar-refractivity contribution >= 4 is 41.0 Å². The Bertz CT molecular complexity index is 849. The topological polar surface area (TPSA) is 99.9 Å². The Labute approximate surface area is 153 Å². The van der Waals surface area contributed by atoms with Gasteiger partial charge in [0.2, 0.25) is 5.91 Å². The van der Waals surface area contributed by atoms with Gasteiger partial charge in [0.1, 0.15) is 11.6 Å². The molecule has 0 saturated heterocycles. The van der Waals surface area contributed by atoms with Crippen molar-refractivity contribution in [3.05, 3.63) is 68.7 Å². The monoisotopic (exact) mass is 379 g/mol. The Balaban J connectivity index is 1.93. The van der Waals surface area contributed by atoms with Crippen LogP contribution in [0.3, 0.4) is 0 Å². The molecule has 9 heteroatoms. The molecule has 0 aliphatic carbocycles. The summed E-state index contributed by atoms with van der Waals surface area (Å²) in [4.78, 5) is 23.8. The Morgan fingerprint density at radius 2 is 2.00 bits per heavy atom. The SMILES string of the molecule is N=C/C(=C\Nc1ccccc1)CNC(=O)Cn1ncc(Cl)c(Cl)c1=O. The maximum Gasteiger partial charge on any atom is 0.287 e. The molecule has 0 saturated carbocycles. The average Bonchev–Trinajstić information content (AvgIpc) is 2.63. The lowest BCUT2D eigenvalue weighted by atomic mass is 10.3. The van der Waals surface area contributed by atoms with Gasteiger partial charge in [0, 0.05) is 30.2 Å². The van der Waals surface area contributed by atoms with Gasteiger partial charge in [-0.25, -0.2) is 4.68 Å². The van der Waals surface area contributed by atoms with Crippen molar-refractivity contribution in [1.82, 2.24) is 15.1 Å². The summed E-state index contributed by atoms with van der Waals surface area (Å²) in [5.74, 6) is -0.444. The van der Waals surface area contributed by atoms with Crippen LogP contribution in [0.4, 0.5) is 5.69 Å². The van der Waals surface area contributed by atoms with E-state index in [2.05, 4.69) is 15.7 Å². The summed E-state index contributed by atoms with van der Waals surface area (Å²) in [6.45, 7) is -0.175. The van der Waals surface area contributed by atoms with Crippen molar-refractivity contribution in [3.8, 4) is 0 Å². The van der Waals surface area contributed by atoms with Crippen LogP contribution < -0.4 is 16.2 Å². The van der Waals surface area contributed by atoms with Gasteiger partial charge in [-0.1, -0.05) is 41.4 Å². The first kappa shape index (κ1) is 18.7. The van der Waals surface area contributed by atoms with Crippen molar-refractivity contribution in [3.63, 3.8) is 0 Å². The van der Waals surface area contributed by atoms with Crippen molar-refractivity contribution in [2.24, 2.45) is 0 Å². The van der Waals surface area contributed by atoms with Gasteiger partial charge in [0.15, 0.2) is 0 Å². The zero-order chi connectivity index (χ0) is 18.2. The predicted molar refractivity (Wildman–Crippen MR) is 98.5 cm³/mol. The number of anilines is 1. The third-order valence-corrected chi connectivity index (χ3v) is 3.86. The van der Waals surface area contributed by atoms with Crippen LogP contribution in [0.1, 0.15) is 0 Å². The number of carbonyl (C=O) groups is 1. The maximum absolute atomic E-state index is 11.9. The number of hydrogen-bond acceptors (Lipinski definition) is 5. The molecule has 0 spiro atoms. The smallest absolute Gasteiger partial charge is 0.287 e. The van der Waals surface area contributed by atoms with E-state index in [1.165, 1.54) is 6.20 Å². The molecule has 1 amide bonds. The number of carbonyl (C=O) groups excluding carboxylic acids is 1. The van der Waals surface area contributed by atoms with Gasteiger partial charge >= 0.3 is 0 Å². The number of amides is 1. The third-order valence-electron chi connectivity index (χ3n) is 3.11. The molecule has 0 radical (unpaired) electrons. The molecule has 2 aromatic rings. The normalized spacial score (nSPS) is 11.0. The van der Waals surface area contributed by atoms with Crippen LogP contribution >= 0.6 is 23.2 Å². The molecule has 25 heavy (non-hydrogen) atoms. The largest absolute Gasteiger partial charge is 0.361 e. The van der Waals surface area contributed by atoms with E-state index < -0.39 is 11.5 Å². The number of nitrogens with zero attached hydrogens (tertiary/aromatic N) is 2. The number of hydrogen-bond donors (Lipinski definition) is 3. The molecule has 3 N–H and O–H groups in total. The summed E-state index contributed by atoms with van der Waals surface area (Å²) >= 11 is 11.4. The molecule has 130 valence electrons. The minimum Gasteiger partial charge on any atom is -0.361 e.